The van der Waals surface area contributed by atoms with E-state index in [-0.39, 0.29) is 22.6 Å². The number of ether oxygens (including phenoxy) is 1. The zero-order valence-electron chi connectivity index (χ0n) is 16.1. The van der Waals surface area contributed by atoms with Gasteiger partial charge in [0.1, 0.15) is 23.3 Å². The summed E-state index contributed by atoms with van der Waals surface area (Å²) in [6.45, 7) is 5.99. The van der Waals surface area contributed by atoms with E-state index in [1.807, 2.05) is 6.92 Å². The lowest BCUT2D eigenvalue weighted by atomic mass is 9.77. The van der Waals surface area contributed by atoms with Gasteiger partial charge in [-0.15, -0.1) is 5.10 Å². The third kappa shape index (κ3) is 2.42. The van der Waals surface area contributed by atoms with Crippen LogP contribution in [0.1, 0.15) is 57.2 Å². The molecular formula is C21H23F2N3O2. The van der Waals surface area contributed by atoms with Crippen molar-refractivity contribution in [2.24, 2.45) is 11.1 Å². The Labute approximate surface area is 162 Å². The molecule has 1 aromatic heterocycles. The molecule has 2 bridgehead atoms. The molecule has 0 radical (unpaired) electrons. The van der Waals surface area contributed by atoms with Crippen molar-refractivity contribution in [1.29, 1.82) is 0 Å². The lowest BCUT2D eigenvalue weighted by molar-refractivity contribution is -0.165. The van der Waals surface area contributed by atoms with E-state index in [9.17, 15) is 13.6 Å². The number of carbonyl (C=O) groups excluding carboxylic acids is 1. The molecule has 148 valence electrons. The van der Waals surface area contributed by atoms with E-state index in [0.29, 0.717) is 18.5 Å². The van der Waals surface area contributed by atoms with Crippen LogP contribution in [0.3, 0.4) is 0 Å². The monoisotopic (exact) mass is 387 g/mol. The second-order valence-corrected chi connectivity index (χ2v) is 8.19. The largest absolute Gasteiger partial charge is 0.367 e. The fourth-order valence-electron chi connectivity index (χ4n) is 4.98. The molecule has 4 rings (SSSR count). The molecule has 2 N–H and O–H groups in total. The Bertz CT molecular complexity index is 942. The number of primary amides is 1. The normalized spacial score (nSPS) is 25.5. The van der Waals surface area contributed by atoms with Crippen LogP contribution in [0.15, 0.2) is 24.3 Å². The number of aromatic nitrogens is 2. The van der Waals surface area contributed by atoms with Gasteiger partial charge in [0, 0.05) is 5.41 Å². The number of rotatable bonds is 5. The van der Waals surface area contributed by atoms with Crippen molar-refractivity contribution in [3.63, 3.8) is 0 Å². The van der Waals surface area contributed by atoms with E-state index in [1.165, 1.54) is 18.2 Å². The van der Waals surface area contributed by atoms with Crippen LogP contribution < -0.4 is 5.73 Å². The van der Waals surface area contributed by atoms with Crippen molar-refractivity contribution in [2.45, 2.75) is 57.7 Å². The van der Waals surface area contributed by atoms with Crippen molar-refractivity contribution in [2.75, 3.05) is 0 Å². The Morgan fingerprint density at radius 2 is 2.00 bits per heavy atom. The van der Waals surface area contributed by atoms with Gasteiger partial charge in [-0.3, -0.25) is 4.79 Å². The molecule has 3 atom stereocenters. The number of benzene rings is 1. The number of hydrogen-bond acceptors (Lipinski definition) is 4. The van der Waals surface area contributed by atoms with Gasteiger partial charge in [0.25, 0.3) is 0 Å². The highest BCUT2D eigenvalue weighted by Crippen LogP contribution is 2.68. The lowest BCUT2D eigenvalue weighted by Gasteiger charge is -2.39. The number of halogens is 2. The van der Waals surface area contributed by atoms with Crippen molar-refractivity contribution < 1.29 is 18.3 Å². The molecule has 2 aliphatic carbocycles. The van der Waals surface area contributed by atoms with Gasteiger partial charge in [-0.25, -0.2) is 8.78 Å². The van der Waals surface area contributed by atoms with Crippen LogP contribution in [-0.2, 0) is 15.1 Å². The van der Waals surface area contributed by atoms with Crippen molar-refractivity contribution in [1.82, 2.24) is 10.2 Å². The number of nitrogens with two attached hydrogens (primary N) is 1. The summed E-state index contributed by atoms with van der Waals surface area (Å²) in [5.74, 6) is -1.77. The number of fused-ring (bicyclic) bond motifs is 5. The molecule has 1 amide bonds. The van der Waals surface area contributed by atoms with Crippen LogP contribution in [0.2, 0.25) is 0 Å². The number of carbonyl (C=O) groups is 1. The molecule has 5 nitrogen and oxygen atoms in total. The van der Waals surface area contributed by atoms with Gasteiger partial charge in [-0.05, 0) is 48.9 Å². The van der Waals surface area contributed by atoms with E-state index >= 15 is 0 Å². The predicted molar refractivity (Wildman–Crippen MR) is 99.2 cm³/mol. The van der Waals surface area contributed by atoms with Gasteiger partial charge in [0.15, 0.2) is 0 Å². The summed E-state index contributed by atoms with van der Waals surface area (Å²) < 4.78 is 34.8. The number of nitrogens with zero attached hydrogens (tertiary/aromatic N) is 2. The summed E-state index contributed by atoms with van der Waals surface area (Å²) in [6, 6.07) is 5.43. The first-order valence-electron chi connectivity index (χ1n) is 9.52. The summed E-state index contributed by atoms with van der Waals surface area (Å²) in [4.78, 5) is 11.8. The maximum absolute atomic E-state index is 14.2. The van der Waals surface area contributed by atoms with Gasteiger partial charge < -0.3 is 10.5 Å². The molecule has 28 heavy (non-hydrogen) atoms. The molecular weight excluding hydrogens is 364 g/mol. The molecule has 1 aromatic carbocycles. The summed E-state index contributed by atoms with van der Waals surface area (Å²) in [5.41, 5.74) is 5.88. The highest BCUT2D eigenvalue weighted by molar-refractivity contribution is 5.78. The standard InChI is InChI=1S/C21H23F2N3O2/c1-4-16(19(24)27)28-21-9-8-12(20(21,2)3)11-10-15(25-26-18(11)21)17-13(22)6-5-7-14(17)23/h5-7,10,12,16H,4,8-9H2,1-3H3,(H2,24,27)/t12-,16+,21+/m0/s1. The van der Waals surface area contributed by atoms with Gasteiger partial charge >= 0.3 is 0 Å². The average molecular weight is 387 g/mol. The van der Waals surface area contributed by atoms with E-state index in [0.717, 1.165) is 12.0 Å². The first-order valence-corrected chi connectivity index (χ1v) is 9.52. The molecule has 2 aliphatic rings. The van der Waals surface area contributed by atoms with Crippen molar-refractivity contribution in [3.05, 3.63) is 47.2 Å². The molecule has 2 aromatic rings. The molecule has 1 saturated carbocycles. The van der Waals surface area contributed by atoms with Crippen molar-refractivity contribution in [3.8, 4) is 11.3 Å². The fourth-order valence-corrected chi connectivity index (χ4v) is 4.98. The number of amides is 1. The molecule has 0 saturated heterocycles. The van der Waals surface area contributed by atoms with Crippen LogP contribution >= 0.6 is 0 Å². The maximum atomic E-state index is 14.2. The summed E-state index contributed by atoms with van der Waals surface area (Å²) in [7, 11) is 0. The Morgan fingerprint density at radius 3 is 2.61 bits per heavy atom. The van der Waals surface area contributed by atoms with Crippen molar-refractivity contribution >= 4 is 5.91 Å². The molecule has 0 aliphatic heterocycles. The summed E-state index contributed by atoms with van der Waals surface area (Å²) in [6.07, 6.45) is 1.26. The minimum atomic E-state index is -0.790. The predicted octanol–water partition coefficient (Wildman–Crippen LogP) is 3.81. The second-order valence-electron chi connectivity index (χ2n) is 8.19. The second kappa shape index (κ2) is 6.30. The van der Waals surface area contributed by atoms with Gasteiger partial charge in [-0.2, -0.15) is 5.10 Å². The highest BCUT2D eigenvalue weighted by atomic mass is 19.1. The van der Waals surface area contributed by atoms with E-state index < -0.39 is 29.2 Å². The van der Waals surface area contributed by atoms with E-state index in [2.05, 4.69) is 24.0 Å². The number of hydrogen-bond donors (Lipinski definition) is 1. The Morgan fingerprint density at radius 1 is 1.32 bits per heavy atom. The van der Waals surface area contributed by atoms with E-state index in [4.69, 9.17) is 10.5 Å². The average Bonchev–Trinajstić information content (AvgIpc) is 3.00. The van der Waals surface area contributed by atoms with E-state index in [1.54, 1.807) is 6.07 Å². The minimum Gasteiger partial charge on any atom is -0.367 e. The fraction of sp³-hybridized carbons (Fsp3) is 0.476. The van der Waals surface area contributed by atoms with Crippen LogP contribution in [0.5, 0.6) is 0 Å². The molecule has 1 heterocycles. The maximum Gasteiger partial charge on any atom is 0.246 e. The smallest absolute Gasteiger partial charge is 0.246 e. The highest BCUT2D eigenvalue weighted by Gasteiger charge is 2.65. The zero-order chi connectivity index (χ0) is 20.3. The van der Waals surface area contributed by atoms with Crippen LogP contribution in [0.25, 0.3) is 11.3 Å². The first-order chi connectivity index (χ1) is 13.2. The quantitative estimate of drug-likeness (QED) is 0.846. The Kier molecular flexibility index (Phi) is 4.26. The topological polar surface area (TPSA) is 78.1 Å². The van der Waals surface area contributed by atoms with Crippen LogP contribution in [0, 0.1) is 17.0 Å². The third-order valence-corrected chi connectivity index (χ3v) is 6.53. The van der Waals surface area contributed by atoms with Gasteiger partial charge in [0.2, 0.25) is 5.91 Å². The first kappa shape index (κ1) is 18.9. The SMILES string of the molecule is CC[C@@H](O[C@]12CC[C@@H](c3cc(-c4c(F)cccc4F)nnc31)C2(C)C)C(N)=O. The van der Waals surface area contributed by atoms with Gasteiger partial charge in [-0.1, -0.05) is 26.8 Å². The zero-order valence-corrected chi connectivity index (χ0v) is 16.1. The summed E-state index contributed by atoms with van der Waals surface area (Å²) >= 11 is 0. The molecule has 7 heteroatoms. The third-order valence-electron chi connectivity index (χ3n) is 6.53. The molecule has 1 fully saturated rings. The minimum absolute atomic E-state index is 0.0944. The molecule has 0 spiro atoms. The Balaban J connectivity index is 1.84. The Hall–Kier alpha value is -2.41. The van der Waals surface area contributed by atoms with Crippen LogP contribution in [-0.4, -0.2) is 22.2 Å². The summed E-state index contributed by atoms with van der Waals surface area (Å²) in [5, 5.41) is 8.48. The molecule has 0 unspecified atom stereocenters. The van der Waals surface area contributed by atoms with Crippen LogP contribution in [0.4, 0.5) is 8.78 Å². The van der Waals surface area contributed by atoms with Gasteiger partial charge in [0.05, 0.1) is 17.0 Å². The lowest BCUT2D eigenvalue weighted by Crippen LogP contribution is -2.45.